The Hall–Kier alpha value is -3.18. The molecule has 0 radical (unpaired) electrons. The highest BCUT2D eigenvalue weighted by Gasteiger charge is 2.17. The Kier molecular flexibility index (Phi) is 5.90. The Balaban J connectivity index is 1.19. The molecule has 1 atom stereocenters. The van der Waals surface area contributed by atoms with E-state index in [1.807, 2.05) is 36.4 Å². The van der Waals surface area contributed by atoms with Gasteiger partial charge in [-0.2, -0.15) is 3.97 Å². The molecule has 176 valence electrons. The van der Waals surface area contributed by atoms with E-state index in [1.54, 1.807) is 18.2 Å². The van der Waals surface area contributed by atoms with Crippen LogP contribution in [-0.2, 0) is 10.0 Å². The van der Waals surface area contributed by atoms with Crippen molar-refractivity contribution < 1.29 is 22.7 Å². The van der Waals surface area contributed by atoms with Crippen LogP contribution in [0.5, 0.6) is 5.75 Å². The van der Waals surface area contributed by atoms with Crippen molar-refractivity contribution in [2.75, 3.05) is 26.0 Å². The highest BCUT2D eigenvalue weighted by atomic mass is 32.2. The summed E-state index contributed by atoms with van der Waals surface area (Å²) >= 11 is 5.02. The third-order valence-corrected chi connectivity index (χ3v) is 7.05. The van der Waals surface area contributed by atoms with E-state index in [2.05, 4.69) is 16.4 Å². The van der Waals surface area contributed by atoms with Crippen LogP contribution in [0.4, 0.5) is 0 Å². The lowest BCUT2D eigenvalue weighted by molar-refractivity contribution is 0.172. The van der Waals surface area contributed by atoms with Gasteiger partial charge >= 0.3 is 0 Å². The average Bonchev–Trinajstić information content (AvgIpc) is 3.34. The van der Waals surface area contributed by atoms with E-state index in [9.17, 15) is 13.5 Å². The summed E-state index contributed by atoms with van der Waals surface area (Å²) in [5, 5.41) is 16.1. The Morgan fingerprint density at radius 1 is 1.12 bits per heavy atom. The van der Waals surface area contributed by atoms with E-state index >= 15 is 0 Å². The maximum Gasteiger partial charge on any atom is 0.283 e. The van der Waals surface area contributed by atoms with Crippen LogP contribution >= 0.6 is 12.2 Å². The van der Waals surface area contributed by atoms with Crippen molar-refractivity contribution in [3.05, 3.63) is 71.1 Å². The largest absolute Gasteiger partial charge is 0.492 e. The Bertz CT molecular complexity index is 1670. The van der Waals surface area contributed by atoms with Gasteiger partial charge in [0.25, 0.3) is 4.84 Å². The molecule has 8 nitrogen and oxygen atoms in total. The lowest BCUT2D eigenvalue weighted by atomic mass is 10.1. The van der Waals surface area contributed by atoms with Gasteiger partial charge < -0.3 is 24.6 Å². The molecular weight excluding hydrogens is 474 g/mol. The van der Waals surface area contributed by atoms with Crippen molar-refractivity contribution in [3.8, 4) is 5.75 Å². The van der Waals surface area contributed by atoms with Crippen LogP contribution < -0.4 is 10.1 Å². The molecule has 0 aliphatic rings. The van der Waals surface area contributed by atoms with Crippen LogP contribution in [0, 0.1) is 4.84 Å². The molecule has 0 fully saturated rings. The topological polar surface area (TPSA) is 109 Å². The molecule has 5 rings (SSSR count). The first kappa shape index (κ1) is 22.6. The van der Waals surface area contributed by atoms with E-state index in [0.29, 0.717) is 29.8 Å². The van der Waals surface area contributed by atoms with Gasteiger partial charge in [-0.3, -0.25) is 0 Å². The Morgan fingerprint density at radius 3 is 2.74 bits per heavy atom. The minimum absolute atomic E-state index is 0.148. The number of hydrogen-bond acceptors (Lipinski definition) is 7. The number of nitrogens with one attached hydrogen (secondary N) is 2. The molecule has 0 spiro atoms. The van der Waals surface area contributed by atoms with Gasteiger partial charge in [-0.1, -0.05) is 24.3 Å². The second kappa shape index (κ2) is 8.88. The fraction of sp³-hybridized carbons (Fsp3) is 0.208. The molecule has 10 heteroatoms. The molecule has 0 unspecified atom stereocenters. The van der Waals surface area contributed by atoms with E-state index in [-0.39, 0.29) is 11.4 Å². The fourth-order valence-corrected chi connectivity index (χ4v) is 5.46. The summed E-state index contributed by atoms with van der Waals surface area (Å²) in [6, 6.07) is 19.0. The molecule has 3 N–H and O–H groups in total. The third kappa shape index (κ3) is 4.32. The van der Waals surface area contributed by atoms with Gasteiger partial charge in [0.05, 0.1) is 17.9 Å². The van der Waals surface area contributed by atoms with E-state index in [4.69, 9.17) is 21.4 Å². The Morgan fingerprint density at radius 2 is 1.91 bits per heavy atom. The number of oxazole rings is 1. The van der Waals surface area contributed by atoms with Gasteiger partial charge in [-0.25, -0.2) is 8.42 Å². The fourth-order valence-electron chi connectivity index (χ4n) is 4.06. The van der Waals surface area contributed by atoms with Gasteiger partial charge in [-0.15, -0.1) is 0 Å². The highest BCUT2D eigenvalue weighted by molar-refractivity contribution is 7.89. The molecule has 0 saturated heterocycles. The van der Waals surface area contributed by atoms with Crippen molar-refractivity contribution in [3.63, 3.8) is 0 Å². The molecule has 34 heavy (non-hydrogen) atoms. The van der Waals surface area contributed by atoms with Crippen molar-refractivity contribution in [1.82, 2.24) is 14.3 Å². The van der Waals surface area contributed by atoms with E-state index in [1.165, 1.54) is 5.39 Å². The zero-order valence-corrected chi connectivity index (χ0v) is 19.9. The quantitative estimate of drug-likeness (QED) is 0.219. The maximum absolute atomic E-state index is 12.0. The number of para-hydroxylation sites is 1. The standard InChI is InChI=1S/C24H23N3O5S2/c1-34(29,30)27-21-12-15(6-9-23(21)32-24(27)33)22(28)14-25-10-11-31-16-7-8-18-17-4-2-3-5-19(17)26-20(18)13-16/h2-9,12-13,22,25-26,28H,10-11,14H2,1H3/t22-/m0/s1. The molecule has 2 aromatic heterocycles. The summed E-state index contributed by atoms with van der Waals surface area (Å²) in [5.41, 5.74) is 3.31. The smallest absolute Gasteiger partial charge is 0.283 e. The second-order valence-electron chi connectivity index (χ2n) is 8.07. The SMILES string of the molecule is CS(=O)(=O)n1c(=S)oc2ccc([C@@H](O)CNCCOc3ccc4c(c3)[nH]c3ccccc34)cc21. The summed E-state index contributed by atoms with van der Waals surface area (Å²) in [6.07, 6.45) is 0.210. The maximum atomic E-state index is 12.0. The van der Waals surface area contributed by atoms with Crippen LogP contribution in [0.15, 0.2) is 65.1 Å². The molecule has 2 heterocycles. The monoisotopic (exact) mass is 497 g/mol. The van der Waals surface area contributed by atoms with Gasteiger partial charge in [0, 0.05) is 35.4 Å². The van der Waals surface area contributed by atoms with E-state index in [0.717, 1.165) is 32.4 Å². The number of rotatable bonds is 8. The van der Waals surface area contributed by atoms with E-state index < -0.39 is 16.1 Å². The van der Waals surface area contributed by atoms with Crippen molar-refractivity contribution >= 4 is 55.1 Å². The van der Waals surface area contributed by atoms with Gasteiger partial charge in [0.1, 0.15) is 17.9 Å². The second-order valence-corrected chi connectivity index (χ2v) is 10.2. The number of nitrogens with zero attached hydrogens (tertiary/aromatic N) is 1. The molecule has 3 aromatic carbocycles. The van der Waals surface area contributed by atoms with Crippen LogP contribution in [0.1, 0.15) is 11.7 Å². The van der Waals surface area contributed by atoms with Crippen LogP contribution in [0.3, 0.4) is 0 Å². The summed E-state index contributed by atoms with van der Waals surface area (Å²) < 4.78 is 36.2. The van der Waals surface area contributed by atoms with Crippen molar-refractivity contribution in [2.24, 2.45) is 0 Å². The summed E-state index contributed by atoms with van der Waals surface area (Å²) in [5.74, 6) is 0.761. The first-order valence-electron chi connectivity index (χ1n) is 10.7. The number of hydrogen-bond donors (Lipinski definition) is 3. The summed E-state index contributed by atoms with van der Waals surface area (Å²) in [7, 11) is -3.63. The van der Waals surface area contributed by atoms with Crippen molar-refractivity contribution in [2.45, 2.75) is 6.10 Å². The predicted molar refractivity (Wildman–Crippen MR) is 134 cm³/mol. The minimum atomic E-state index is -3.63. The Labute approximate surface area is 200 Å². The molecule has 0 saturated carbocycles. The van der Waals surface area contributed by atoms with Crippen LogP contribution in [-0.4, -0.2) is 48.4 Å². The van der Waals surface area contributed by atoms with Crippen LogP contribution in [0.2, 0.25) is 0 Å². The number of aromatic amines is 1. The number of H-pyrrole nitrogens is 1. The number of aliphatic hydroxyl groups excluding tert-OH is 1. The third-order valence-electron chi connectivity index (χ3n) is 5.64. The minimum Gasteiger partial charge on any atom is -0.492 e. The molecule has 5 aromatic rings. The number of ether oxygens (including phenoxy) is 1. The van der Waals surface area contributed by atoms with Crippen LogP contribution in [0.25, 0.3) is 32.9 Å². The van der Waals surface area contributed by atoms with Crippen molar-refractivity contribution in [1.29, 1.82) is 0 Å². The number of aromatic nitrogens is 2. The summed E-state index contributed by atoms with van der Waals surface area (Å²) in [6.45, 7) is 1.22. The lowest BCUT2D eigenvalue weighted by Gasteiger charge is -2.13. The molecule has 0 bridgehead atoms. The first-order valence-corrected chi connectivity index (χ1v) is 12.9. The number of fused-ring (bicyclic) bond motifs is 4. The zero-order chi connectivity index (χ0) is 23.9. The molecule has 0 aliphatic carbocycles. The average molecular weight is 498 g/mol. The van der Waals surface area contributed by atoms with Gasteiger partial charge in [-0.05, 0) is 48.1 Å². The molecule has 0 aliphatic heterocycles. The highest BCUT2D eigenvalue weighted by Crippen LogP contribution is 2.28. The number of aliphatic hydroxyl groups is 1. The molecular formula is C24H23N3O5S2. The predicted octanol–water partition coefficient (Wildman–Crippen LogP) is 4.11. The first-order chi connectivity index (χ1) is 16.3. The lowest BCUT2D eigenvalue weighted by Crippen LogP contribution is -2.26. The zero-order valence-electron chi connectivity index (χ0n) is 18.3. The van der Waals surface area contributed by atoms with Gasteiger partial charge in [0.2, 0.25) is 10.0 Å². The normalized spacial score (nSPS) is 13.1. The van der Waals surface area contributed by atoms with Gasteiger partial charge in [0.15, 0.2) is 5.58 Å². The summed E-state index contributed by atoms with van der Waals surface area (Å²) in [4.78, 5) is 3.25. The number of benzene rings is 3. The molecule has 0 amide bonds.